The zero-order valence-electron chi connectivity index (χ0n) is 18.0. The van der Waals surface area contributed by atoms with Crippen LogP contribution in [0.15, 0.2) is 72.8 Å². The number of anilines is 1. The van der Waals surface area contributed by atoms with Crippen molar-refractivity contribution in [3.63, 3.8) is 0 Å². The third kappa shape index (κ3) is 4.66. The molecule has 4 rings (SSSR count). The molecule has 1 aliphatic rings. The highest BCUT2D eigenvalue weighted by Crippen LogP contribution is 2.35. The van der Waals surface area contributed by atoms with Gasteiger partial charge in [-0.1, -0.05) is 42.5 Å². The molecule has 160 valence electrons. The molecule has 5 heteroatoms. The Bertz CT molecular complexity index is 1010. The van der Waals surface area contributed by atoms with Gasteiger partial charge in [-0.05, 0) is 54.3 Å². The average Bonchev–Trinajstić information content (AvgIpc) is 3.38. The molecular weight excluding hydrogens is 388 g/mol. The minimum atomic E-state index is -0.434. The number of hydrogen-bond acceptors (Lipinski definition) is 4. The Morgan fingerprint density at radius 1 is 0.903 bits per heavy atom. The van der Waals surface area contributed by atoms with E-state index in [-0.39, 0.29) is 5.91 Å². The van der Waals surface area contributed by atoms with Crippen LogP contribution in [0.3, 0.4) is 0 Å². The van der Waals surface area contributed by atoms with Gasteiger partial charge in [0.15, 0.2) is 0 Å². The fourth-order valence-corrected chi connectivity index (χ4v) is 4.01. The average molecular weight is 417 g/mol. The first-order chi connectivity index (χ1) is 15.2. The lowest BCUT2D eigenvalue weighted by atomic mass is 10.0. The molecule has 0 aliphatic carbocycles. The second-order valence-electron chi connectivity index (χ2n) is 7.66. The van der Waals surface area contributed by atoms with Crippen molar-refractivity contribution in [2.24, 2.45) is 0 Å². The monoisotopic (exact) mass is 416 g/mol. The molecule has 1 saturated heterocycles. The first kappa shape index (κ1) is 20.8. The summed E-state index contributed by atoms with van der Waals surface area (Å²) in [4.78, 5) is 15.3. The minimum Gasteiger partial charge on any atom is -0.497 e. The van der Waals surface area contributed by atoms with Crippen LogP contribution in [-0.2, 0) is 4.79 Å². The largest absolute Gasteiger partial charge is 0.497 e. The van der Waals surface area contributed by atoms with Crippen LogP contribution in [0.4, 0.5) is 5.69 Å². The highest BCUT2D eigenvalue weighted by Gasteiger charge is 2.28. The van der Waals surface area contributed by atoms with Crippen molar-refractivity contribution in [1.82, 2.24) is 4.90 Å². The first-order valence-corrected chi connectivity index (χ1v) is 10.6. The van der Waals surface area contributed by atoms with Gasteiger partial charge in [-0.2, -0.15) is 0 Å². The van der Waals surface area contributed by atoms with Crippen LogP contribution >= 0.6 is 0 Å². The van der Waals surface area contributed by atoms with Gasteiger partial charge in [0.1, 0.15) is 17.5 Å². The van der Waals surface area contributed by atoms with Gasteiger partial charge in [0.05, 0.1) is 14.2 Å². The molecule has 0 saturated carbocycles. The van der Waals surface area contributed by atoms with E-state index in [0.717, 1.165) is 59.8 Å². The molecule has 0 bridgehead atoms. The van der Waals surface area contributed by atoms with E-state index in [9.17, 15) is 4.79 Å². The van der Waals surface area contributed by atoms with Gasteiger partial charge in [-0.3, -0.25) is 4.79 Å². The summed E-state index contributed by atoms with van der Waals surface area (Å²) in [6, 6.07) is 23.3. The number of carbonyl (C=O) groups is 1. The Balaban J connectivity index is 1.67. The van der Waals surface area contributed by atoms with Crippen LogP contribution in [0.5, 0.6) is 11.5 Å². The molecule has 0 spiro atoms. The lowest BCUT2D eigenvalue weighted by Gasteiger charge is -2.25. The zero-order chi connectivity index (χ0) is 21.6. The standard InChI is InChI=1S/C26H28N2O3/c1-30-22-13-10-19(11-14-22)23-18-21(12-15-24(23)31-2)27-25(20-8-4-3-5-9-20)26(29)28-16-6-7-17-28/h3-5,8-15,18,25,27H,6-7,16-17H2,1-2H3/t25-/m0/s1. The molecule has 1 atom stereocenters. The Labute approximate surface area is 183 Å². The lowest BCUT2D eigenvalue weighted by Crippen LogP contribution is -2.36. The summed E-state index contributed by atoms with van der Waals surface area (Å²) in [5.74, 6) is 1.70. The molecule has 5 nitrogen and oxygen atoms in total. The maximum Gasteiger partial charge on any atom is 0.249 e. The van der Waals surface area contributed by atoms with Crippen molar-refractivity contribution in [2.45, 2.75) is 18.9 Å². The minimum absolute atomic E-state index is 0.116. The lowest BCUT2D eigenvalue weighted by molar-refractivity contribution is -0.131. The summed E-state index contributed by atoms with van der Waals surface area (Å²) >= 11 is 0. The van der Waals surface area contributed by atoms with Gasteiger partial charge in [0, 0.05) is 24.3 Å². The number of carbonyl (C=O) groups excluding carboxylic acids is 1. The van der Waals surface area contributed by atoms with Gasteiger partial charge in [0.2, 0.25) is 5.91 Å². The van der Waals surface area contributed by atoms with E-state index in [4.69, 9.17) is 9.47 Å². The van der Waals surface area contributed by atoms with Crippen molar-refractivity contribution < 1.29 is 14.3 Å². The molecule has 1 heterocycles. The molecule has 3 aromatic rings. The number of nitrogens with zero attached hydrogens (tertiary/aromatic N) is 1. The van der Waals surface area contributed by atoms with Gasteiger partial charge in [-0.25, -0.2) is 0 Å². The predicted octanol–water partition coefficient (Wildman–Crippen LogP) is 5.15. The molecular formula is C26H28N2O3. The molecule has 0 unspecified atom stereocenters. The summed E-state index contributed by atoms with van der Waals surface area (Å²) in [5, 5.41) is 3.48. The van der Waals surface area contributed by atoms with Crippen molar-refractivity contribution >= 4 is 11.6 Å². The first-order valence-electron chi connectivity index (χ1n) is 10.6. The number of likely N-dealkylation sites (tertiary alicyclic amines) is 1. The third-order valence-electron chi connectivity index (χ3n) is 5.71. The number of amides is 1. The highest BCUT2D eigenvalue weighted by atomic mass is 16.5. The Kier molecular flexibility index (Phi) is 6.41. The van der Waals surface area contributed by atoms with Crippen molar-refractivity contribution in [1.29, 1.82) is 0 Å². The number of nitrogens with one attached hydrogen (secondary N) is 1. The molecule has 31 heavy (non-hydrogen) atoms. The van der Waals surface area contributed by atoms with Crippen LogP contribution in [0.1, 0.15) is 24.4 Å². The second-order valence-corrected chi connectivity index (χ2v) is 7.66. The summed E-state index contributed by atoms with van der Waals surface area (Å²) in [6.45, 7) is 1.65. The van der Waals surface area contributed by atoms with Crippen LogP contribution in [0, 0.1) is 0 Å². The van der Waals surface area contributed by atoms with E-state index >= 15 is 0 Å². The Morgan fingerprint density at radius 2 is 1.61 bits per heavy atom. The number of methoxy groups -OCH3 is 2. The molecule has 0 aromatic heterocycles. The van der Waals surface area contributed by atoms with E-state index in [1.165, 1.54) is 0 Å². The van der Waals surface area contributed by atoms with E-state index < -0.39 is 6.04 Å². The molecule has 1 aliphatic heterocycles. The summed E-state index contributed by atoms with van der Waals surface area (Å²) in [5.41, 5.74) is 3.80. The number of rotatable bonds is 7. The van der Waals surface area contributed by atoms with Crippen molar-refractivity contribution in [3.05, 3.63) is 78.4 Å². The third-order valence-corrected chi connectivity index (χ3v) is 5.71. The summed E-state index contributed by atoms with van der Waals surface area (Å²) < 4.78 is 10.9. The van der Waals surface area contributed by atoms with Crippen LogP contribution < -0.4 is 14.8 Å². The Morgan fingerprint density at radius 3 is 2.26 bits per heavy atom. The SMILES string of the molecule is COc1ccc(-c2cc(N[C@H](C(=O)N3CCCC3)c3ccccc3)ccc2OC)cc1. The van der Waals surface area contributed by atoms with E-state index in [2.05, 4.69) is 5.32 Å². The van der Waals surface area contributed by atoms with Crippen molar-refractivity contribution in [3.8, 4) is 22.6 Å². The highest BCUT2D eigenvalue weighted by molar-refractivity contribution is 5.87. The quantitative estimate of drug-likeness (QED) is 0.579. The van der Waals surface area contributed by atoms with Crippen LogP contribution in [0.2, 0.25) is 0 Å². The summed E-state index contributed by atoms with van der Waals surface area (Å²) in [7, 11) is 3.32. The van der Waals surface area contributed by atoms with E-state index in [1.807, 2.05) is 77.7 Å². The van der Waals surface area contributed by atoms with Gasteiger partial charge < -0.3 is 19.7 Å². The maximum atomic E-state index is 13.3. The topological polar surface area (TPSA) is 50.8 Å². The van der Waals surface area contributed by atoms with Gasteiger partial charge in [-0.15, -0.1) is 0 Å². The fraction of sp³-hybridized carbons (Fsp3) is 0.269. The van der Waals surface area contributed by atoms with Gasteiger partial charge in [0.25, 0.3) is 0 Å². The molecule has 0 radical (unpaired) electrons. The van der Waals surface area contributed by atoms with Crippen LogP contribution in [0.25, 0.3) is 11.1 Å². The Hall–Kier alpha value is -3.47. The second kappa shape index (κ2) is 9.56. The number of benzene rings is 3. The number of hydrogen-bond donors (Lipinski definition) is 1. The molecule has 1 amide bonds. The maximum absolute atomic E-state index is 13.3. The van der Waals surface area contributed by atoms with Crippen LogP contribution in [-0.4, -0.2) is 38.1 Å². The predicted molar refractivity (Wildman–Crippen MR) is 124 cm³/mol. The smallest absolute Gasteiger partial charge is 0.249 e. The van der Waals surface area contributed by atoms with Gasteiger partial charge >= 0.3 is 0 Å². The molecule has 3 aromatic carbocycles. The summed E-state index contributed by atoms with van der Waals surface area (Å²) in [6.07, 6.45) is 2.13. The molecule has 1 N–H and O–H groups in total. The number of ether oxygens (including phenoxy) is 2. The van der Waals surface area contributed by atoms with E-state index in [0.29, 0.717) is 0 Å². The fourth-order valence-electron chi connectivity index (χ4n) is 4.01. The van der Waals surface area contributed by atoms with E-state index in [1.54, 1.807) is 14.2 Å². The normalized spacial score (nSPS) is 14.2. The zero-order valence-corrected chi connectivity index (χ0v) is 18.0. The van der Waals surface area contributed by atoms with Crippen molar-refractivity contribution in [2.75, 3.05) is 32.6 Å². The molecule has 1 fully saturated rings.